The zero-order chi connectivity index (χ0) is 18.2. The summed E-state index contributed by atoms with van der Waals surface area (Å²) in [4.78, 5) is 12.2. The van der Waals surface area contributed by atoms with Crippen LogP contribution in [-0.4, -0.2) is 17.7 Å². The van der Waals surface area contributed by atoms with E-state index in [0.717, 1.165) is 11.3 Å². The summed E-state index contributed by atoms with van der Waals surface area (Å²) in [5, 5.41) is 14.7. The molecular formula is C21H20N2O3. The molecule has 0 aromatic heterocycles. The summed E-state index contributed by atoms with van der Waals surface area (Å²) >= 11 is 0. The van der Waals surface area contributed by atoms with Crippen molar-refractivity contribution >= 4 is 17.4 Å². The highest BCUT2D eigenvalue weighted by Gasteiger charge is 2.07. The Bertz CT molecular complexity index is 849. The Morgan fingerprint density at radius 1 is 0.808 bits per heavy atom. The molecule has 5 nitrogen and oxygen atoms in total. The molecule has 5 heteroatoms. The lowest BCUT2D eigenvalue weighted by molar-refractivity contribution is 0.262. The lowest BCUT2D eigenvalue weighted by Crippen LogP contribution is -2.20. The number of hydrogen-bond acceptors (Lipinski definition) is 3. The second-order valence-electron chi connectivity index (χ2n) is 5.65. The highest BCUT2D eigenvalue weighted by atomic mass is 16.5. The molecule has 3 rings (SSSR count). The molecule has 0 radical (unpaired) electrons. The average molecular weight is 348 g/mol. The SMILES string of the molecule is O=C(Nc1ccc(Oc2ccccc2)cc1)Nc1ccccc1CCO. The van der Waals surface area contributed by atoms with Crippen LogP contribution in [0.2, 0.25) is 0 Å². The van der Waals surface area contributed by atoms with Gasteiger partial charge in [-0.15, -0.1) is 0 Å². The molecule has 0 atom stereocenters. The van der Waals surface area contributed by atoms with Gasteiger partial charge in [0, 0.05) is 18.0 Å². The maximum absolute atomic E-state index is 12.2. The van der Waals surface area contributed by atoms with Crippen LogP contribution < -0.4 is 15.4 Å². The quantitative estimate of drug-likeness (QED) is 0.607. The van der Waals surface area contributed by atoms with E-state index in [-0.39, 0.29) is 12.6 Å². The van der Waals surface area contributed by atoms with Gasteiger partial charge in [0.25, 0.3) is 0 Å². The maximum Gasteiger partial charge on any atom is 0.323 e. The van der Waals surface area contributed by atoms with E-state index < -0.39 is 0 Å². The van der Waals surface area contributed by atoms with Crippen molar-refractivity contribution in [1.82, 2.24) is 0 Å². The lowest BCUT2D eigenvalue weighted by atomic mass is 10.1. The number of urea groups is 1. The Morgan fingerprint density at radius 2 is 1.46 bits per heavy atom. The molecule has 3 aromatic carbocycles. The van der Waals surface area contributed by atoms with Crippen molar-refractivity contribution < 1.29 is 14.6 Å². The number of para-hydroxylation sites is 2. The summed E-state index contributed by atoms with van der Waals surface area (Å²) < 4.78 is 5.72. The summed E-state index contributed by atoms with van der Waals surface area (Å²) in [7, 11) is 0. The molecule has 0 fully saturated rings. The first-order valence-corrected chi connectivity index (χ1v) is 8.34. The predicted molar refractivity (Wildman–Crippen MR) is 103 cm³/mol. The number of nitrogens with one attached hydrogen (secondary N) is 2. The van der Waals surface area contributed by atoms with Gasteiger partial charge in [0.05, 0.1) is 0 Å². The molecule has 0 heterocycles. The average Bonchev–Trinajstić information content (AvgIpc) is 2.66. The number of benzene rings is 3. The third-order valence-corrected chi connectivity index (χ3v) is 3.74. The number of carbonyl (C=O) groups is 1. The van der Waals surface area contributed by atoms with Gasteiger partial charge < -0.3 is 20.5 Å². The van der Waals surface area contributed by atoms with Gasteiger partial charge in [-0.2, -0.15) is 0 Å². The monoisotopic (exact) mass is 348 g/mol. The van der Waals surface area contributed by atoms with Crippen LogP contribution in [0.1, 0.15) is 5.56 Å². The van der Waals surface area contributed by atoms with Crippen molar-refractivity contribution in [3.63, 3.8) is 0 Å². The van der Waals surface area contributed by atoms with Crippen molar-refractivity contribution in [2.45, 2.75) is 6.42 Å². The highest BCUT2D eigenvalue weighted by molar-refractivity contribution is 6.00. The van der Waals surface area contributed by atoms with E-state index in [1.807, 2.05) is 48.5 Å². The van der Waals surface area contributed by atoms with Gasteiger partial charge in [0.2, 0.25) is 0 Å². The van der Waals surface area contributed by atoms with E-state index in [9.17, 15) is 4.79 Å². The Balaban J connectivity index is 1.59. The fourth-order valence-corrected chi connectivity index (χ4v) is 2.50. The van der Waals surface area contributed by atoms with Crippen LogP contribution in [0, 0.1) is 0 Å². The standard InChI is InChI=1S/C21H20N2O3/c24-15-14-16-6-4-5-9-20(16)23-21(25)22-17-10-12-19(13-11-17)26-18-7-2-1-3-8-18/h1-13,24H,14-15H2,(H2,22,23,25). The molecule has 0 bridgehead atoms. The van der Waals surface area contributed by atoms with Gasteiger partial charge in [-0.25, -0.2) is 4.79 Å². The first-order valence-electron chi connectivity index (χ1n) is 8.34. The van der Waals surface area contributed by atoms with Crippen LogP contribution in [0.15, 0.2) is 78.9 Å². The summed E-state index contributed by atoms with van der Waals surface area (Å²) in [6.07, 6.45) is 0.488. The molecular weight excluding hydrogens is 328 g/mol. The lowest BCUT2D eigenvalue weighted by Gasteiger charge is -2.12. The molecule has 0 spiro atoms. The van der Waals surface area contributed by atoms with Gasteiger partial charge in [0.1, 0.15) is 11.5 Å². The smallest absolute Gasteiger partial charge is 0.323 e. The molecule has 3 aromatic rings. The van der Waals surface area contributed by atoms with Crippen molar-refractivity contribution in [2.75, 3.05) is 17.2 Å². The summed E-state index contributed by atoms with van der Waals surface area (Å²) in [5.74, 6) is 1.45. The first-order chi connectivity index (χ1) is 12.7. The number of hydrogen-bond donors (Lipinski definition) is 3. The van der Waals surface area contributed by atoms with Crippen LogP contribution in [0.3, 0.4) is 0 Å². The number of anilines is 2. The third-order valence-electron chi connectivity index (χ3n) is 3.74. The van der Waals surface area contributed by atoms with E-state index in [4.69, 9.17) is 9.84 Å². The van der Waals surface area contributed by atoms with E-state index >= 15 is 0 Å². The zero-order valence-corrected chi connectivity index (χ0v) is 14.2. The van der Waals surface area contributed by atoms with E-state index in [2.05, 4.69) is 10.6 Å². The predicted octanol–water partition coefficient (Wildman–Crippen LogP) is 4.66. The van der Waals surface area contributed by atoms with Crippen molar-refractivity contribution in [2.24, 2.45) is 0 Å². The van der Waals surface area contributed by atoms with Crippen LogP contribution in [0.5, 0.6) is 11.5 Å². The Morgan fingerprint density at radius 3 is 2.19 bits per heavy atom. The largest absolute Gasteiger partial charge is 0.457 e. The minimum absolute atomic E-state index is 0.0309. The van der Waals surface area contributed by atoms with Gasteiger partial charge in [0.15, 0.2) is 0 Å². The van der Waals surface area contributed by atoms with Crippen LogP contribution in [0.4, 0.5) is 16.2 Å². The Hall–Kier alpha value is -3.31. The summed E-state index contributed by atoms with van der Waals surface area (Å²) in [5.41, 5.74) is 2.22. The third kappa shape index (κ3) is 4.84. The van der Waals surface area contributed by atoms with Crippen LogP contribution in [0.25, 0.3) is 0 Å². The molecule has 26 heavy (non-hydrogen) atoms. The number of aliphatic hydroxyl groups is 1. The summed E-state index contributed by atoms with van der Waals surface area (Å²) in [6.45, 7) is 0.0309. The molecule has 0 aliphatic rings. The molecule has 132 valence electrons. The second kappa shape index (κ2) is 8.69. The van der Waals surface area contributed by atoms with Crippen molar-refractivity contribution in [3.05, 3.63) is 84.4 Å². The number of ether oxygens (including phenoxy) is 1. The number of aliphatic hydroxyl groups excluding tert-OH is 1. The van der Waals surface area contributed by atoms with Gasteiger partial charge in [-0.3, -0.25) is 0 Å². The fourth-order valence-electron chi connectivity index (χ4n) is 2.50. The Kier molecular flexibility index (Phi) is 5.85. The normalized spacial score (nSPS) is 10.2. The molecule has 0 saturated heterocycles. The molecule has 0 aliphatic carbocycles. The van der Waals surface area contributed by atoms with Gasteiger partial charge >= 0.3 is 6.03 Å². The first kappa shape index (κ1) is 17.5. The van der Waals surface area contributed by atoms with Gasteiger partial charge in [-0.1, -0.05) is 36.4 Å². The molecule has 0 saturated carbocycles. The zero-order valence-electron chi connectivity index (χ0n) is 14.2. The second-order valence-corrected chi connectivity index (χ2v) is 5.65. The number of amides is 2. The number of rotatable bonds is 6. The highest BCUT2D eigenvalue weighted by Crippen LogP contribution is 2.23. The summed E-state index contributed by atoms with van der Waals surface area (Å²) in [6, 6.07) is 23.7. The van der Waals surface area contributed by atoms with E-state index in [1.165, 1.54) is 0 Å². The Labute approximate surface area is 152 Å². The fraction of sp³-hybridized carbons (Fsp3) is 0.0952. The van der Waals surface area contributed by atoms with Crippen LogP contribution >= 0.6 is 0 Å². The molecule has 3 N–H and O–H groups in total. The van der Waals surface area contributed by atoms with Gasteiger partial charge in [-0.05, 0) is 54.4 Å². The van der Waals surface area contributed by atoms with Crippen molar-refractivity contribution in [3.8, 4) is 11.5 Å². The molecule has 0 aliphatic heterocycles. The van der Waals surface area contributed by atoms with Crippen LogP contribution in [-0.2, 0) is 6.42 Å². The number of carbonyl (C=O) groups excluding carboxylic acids is 1. The molecule has 2 amide bonds. The topological polar surface area (TPSA) is 70.6 Å². The van der Waals surface area contributed by atoms with E-state index in [0.29, 0.717) is 23.5 Å². The molecule has 0 unspecified atom stereocenters. The minimum atomic E-state index is -0.341. The van der Waals surface area contributed by atoms with Crippen molar-refractivity contribution in [1.29, 1.82) is 0 Å². The van der Waals surface area contributed by atoms with E-state index in [1.54, 1.807) is 30.3 Å². The maximum atomic E-state index is 12.2. The minimum Gasteiger partial charge on any atom is -0.457 e.